The molecule has 1 aromatic rings. The fourth-order valence-electron chi connectivity index (χ4n) is 1.65. The molecular formula is C12H20N2. The van der Waals surface area contributed by atoms with Gasteiger partial charge in [-0.3, -0.25) is 4.98 Å². The number of aryl methyl sites for hydroxylation is 1. The first-order valence-electron chi connectivity index (χ1n) is 5.35. The second-order valence-electron chi connectivity index (χ2n) is 3.73. The Morgan fingerprint density at radius 2 is 2.21 bits per heavy atom. The van der Waals surface area contributed by atoms with Gasteiger partial charge in [0.15, 0.2) is 0 Å². The van der Waals surface area contributed by atoms with Crippen molar-refractivity contribution in [2.75, 3.05) is 13.6 Å². The summed E-state index contributed by atoms with van der Waals surface area (Å²) in [7, 11) is 2.00. The van der Waals surface area contributed by atoms with Crippen LogP contribution in [-0.4, -0.2) is 18.6 Å². The Hall–Kier alpha value is -0.890. The lowest BCUT2D eigenvalue weighted by Crippen LogP contribution is -2.12. The molecular weight excluding hydrogens is 172 g/mol. The first-order chi connectivity index (χ1) is 6.77. The van der Waals surface area contributed by atoms with Crippen LogP contribution in [0, 0.1) is 6.92 Å². The Balaban J connectivity index is 2.64. The van der Waals surface area contributed by atoms with E-state index in [1.54, 1.807) is 0 Å². The normalized spacial score (nSPS) is 12.8. The fraction of sp³-hybridized carbons (Fsp3) is 0.583. The van der Waals surface area contributed by atoms with E-state index in [1.165, 1.54) is 18.4 Å². The van der Waals surface area contributed by atoms with E-state index in [0.29, 0.717) is 5.92 Å². The minimum absolute atomic E-state index is 0.649. The van der Waals surface area contributed by atoms with E-state index >= 15 is 0 Å². The van der Waals surface area contributed by atoms with Crippen molar-refractivity contribution in [2.45, 2.75) is 32.6 Å². The third-order valence-electron chi connectivity index (χ3n) is 2.64. The van der Waals surface area contributed by atoms with Gasteiger partial charge in [-0.2, -0.15) is 0 Å². The summed E-state index contributed by atoms with van der Waals surface area (Å²) >= 11 is 0. The van der Waals surface area contributed by atoms with Crippen LogP contribution in [-0.2, 0) is 0 Å². The second-order valence-corrected chi connectivity index (χ2v) is 3.73. The fourth-order valence-corrected chi connectivity index (χ4v) is 1.65. The van der Waals surface area contributed by atoms with Gasteiger partial charge in [0.1, 0.15) is 0 Å². The molecule has 0 fully saturated rings. The number of nitrogens with one attached hydrogen (secondary N) is 1. The van der Waals surface area contributed by atoms with Gasteiger partial charge < -0.3 is 5.32 Å². The zero-order chi connectivity index (χ0) is 10.4. The predicted molar refractivity (Wildman–Crippen MR) is 60.5 cm³/mol. The van der Waals surface area contributed by atoms with Gasteiger partial charge in [-0.25, -0.2) is 0 Å². The van der Waals surface area contributed by atoms with Gasteiger partial charge in [0, 0.05) is 11.9 Å². The molecule has 0 aliphatic carbocycles. The van der Waals surface area contributed by atoms with Crippen LogP contribution in [0.15, 0.2) is 18.3 Å². The minimum atomic E-state index is 0.649. The third-order valence-corrected chi connectivity index (χ3v) is 2.64. The molecule has 0 radical (unpaired) electrons. The molecule has 0 saturated heterocycles. The molecule has 1 aromatic heterocycles. The molecule has 0 saturated carbocycles. The Morgan fingerprint density at radius 1 is 1.43 bits per heavy atom. The van der Waals surface area contributed by atoms with Gasteiger partial charge in [0.05, 0.1) is 0 Å². The quantitative estimate of drug-likeness (QED) is 0.775. The van der Waals surface area contributed by atoms with Crippen molar-refractivity contribution in [3.05, 3.63) is 29.6 Å². The van der Waals surface area contributed by atoms with E-state index in [2.05, 4.69) is 29.4 Å². The largest absolute Gasteiger partial charge is 0.320 e. The monoisotopic (exact) mass is 192 g/mol. The highest BCUT2D eigenvalue weighted by molar-refractivity contribution is 5.17. The SMILES string of the molecule is CCC(CCNC)c1ccc(C)nc1. The third kappa shape index (κ3) is 3.11. The molecule has 0 bridgehead atoms. The lowest BCUT2D eigenvalue weighted by atomic mass is 9.94. The van der Waals surface area contributed by atoms with E-state index in [1.807, 2.05) is 20.2 Å². The maximum atomic E-state index is 4.34. The van der Waals surface area contributed by atoms with Crippen LogP contribution in [0.5, 0.6) is 0 Å². The van der Waals surface area contributed by atoms with Crippen LogP contribution in [0.1, 0.15) is 36.9 Å². The first-order valence-corrected chi connectivity index (χ1v) is 5.35. The summed E-state index contributed by atoms with van der Waals surface area (Å²) < 4.78 is 0. The summed E-state index contributed by atoms with van der Waals surface area (Å²) in [5, 5.41) is 3.19. The van der Waals surface area contributed by atoms with E-state index in [-0.39, 0.29) is 0 Å². The summed E-state index contributed by atoms with van der Waals surface area (Å²) in [5.74, 6) is 0.649. The molecule has 78 valence electrons. The predicted octanol–water partition coefficient (Wildman–Crippen LogP) is 2.49. The second kappa shape index (κ2) is 5.76. The zero-order valence-electron chi connectivity index (χ0n) is 9.38. The highest BCUT2D eigenvalue weighted by Crippen LogP contribution is 2.21. The molecule has 1 unspecified atom stereocenters. The number of pyridine rings is 1. The van der Waals surface area contributed by atoms with E-state index in [4.69, 9.17) is 0 Å². The number of hydrogen-bond donors (Lipinski definition) is 1. The summed E-state index contributed by atoms with van der Waals surface area (Å²) in [5.41, 5.74) is 2.46. The molecule has 0 amide bonds. The Kier molecular flexibility index (Phi) is 4.60. The van der Waals surface area contributed by atoms with Gasteiger partial charge in [0.2, 0.25) is 0 Å². The van der Waals surface area contributed by atoms with Crippen molar-refractivity contribution in [1.82, 2.24) is 10.3 Å². The molecule has 0 aliphatic rings. The van der Waals surface area contributed by atoms with Gasteiger partial charge in [-0.05, 0) is 50.9 Å². The molecule has 2 nitrogen and oxygen atoms in total. The van der Waals surface area contributed by atoms with Crippen LogP contribution >= 0.6 is 0 Å². The van der Waals surface area contributed by atoms with Gasteiger partial charge >= 0.3 is 0 Å². The molecule has 14 heavy (non-hydrogen) atoms. The van der Waals surface area contributed by atoms with E-state index in [0.717, 1.165) is 12.2 Å². The summed E-state index contributed by atoms with van der Waals surface area (Å²) in [4.78, 5) is 4.34. The van der Waals surface area contributed by atoms with Crippen LogP contribution in [0.2, 0.25) is 0 Å². The summed E-state index contributed by atoms with van der Waals surface area (Å²) in [6, 6.07) is 4.30. The van der Waals surface area contributed by atoms with Crippen molar-refractivity contribution in [3.63, 3.8) is 0 Å². The molecule has 0 aliphatic heterocycles. The van der Waals surface area contributed by atoms with Crippen LogP contribution < -0.4 is 5.32 Å². The maximum absolute atomic E-state index is 4.34. The van der Waals surface area contributed by atoms with Crippen molar-refractivity contribution in [2.24, 2.45) is 0 Å². The van der Waals surface area contributed by atoms with Crippen LogP contribution in [0.3, 0.4) is 0 Å². The van der Waals surface area contributed by atoms with E-state index < -0.39 is 0 Å². The first kappa shape index (κ1) is 11.2. The molecule has 1 atom stereocenters. The highest BCUT2D eigenvalue weighted by atomic mass is 14.8. The zero-order valence-corrected chi connectivity index (χ0v) is 9.38. The maximum Gasteiger partial charge on any atom is 0.0372 e. The lowest BCUT2D eigenvalue weighted by molar-refractivity contribution is 0.579. The standard InChI is InChI=1S/C12H20N2/c1-4-11(7-8-13-3)12-6-5-10(2)14-9-12/h5-6,9,11,13H,4,7-8H2,1-3H3. The molecule has 1 N–H and O–H groups in total. The number of nitrogens with zero attached hydrogens (tertiary/aromatic N) is 1. The number of aromatic nitrogens is 1. The van der Waals surface area contributed by atoms with E-state index in [9.17, 15) is 0 Å². The van der Waals surface area contributed by atoms with Gasteiger partial charge in [-0.1, -0.05) is 13.0 Å². The minimum Gasteiger partial charge on any atom is -0.320 e. The molecule has 0 spiro atoms. The topological polar surface area (TPSA) is 24.9 Å². The van der Waals surface area contributed by atoms with Gasteiger partial charge in [-0.15, -0.1) is 0 Å². The summed E-state index contributed by atoms with van der Waals surface area (Å²) in [6.07, 6.45) is 4.39. The van der Waals surface area contributed by atoms with Crippen molar-refractivity contribution < 1.29 is 0 Å². The molecule has 2 heteroatoms. The highest BCUT2D eigenvalue weighted by Gasteiger charge is 2.08. The van der Waals surface area contributed by atoms with Crippen molar-refractivity contribution in [3.8, 4) is 0 Å². The summed E-state index contributed by atoms with van der Waals surface area (Å²) in [6.45, 7) is 5.34. The number of hydrogen-bond acceptors (Lipinski definition) is 2. The Morgan fingerprint density at radius 3 is 2.71 bits per heavy atom. The van der Waals surface area contributed by atoms with Crippen LogP contribution in [0.4, 0.5) is 0 Å². The van der Waals surface area contributed by atoms with Gasteiger partial charge in [0.25, 0.3) is 0 Å². The smallest absolute Gasteiger partial charge is 0.0372 e. The number of rotatable bonds is 5. The Labute approximate surface area is 86.8 Å². The molecule has 0 aromatic carbocycles. The van der Waals surface area contributed by atoms with Crippen LogP contribution in [0.25, 0.3) is 0 Å². The Bertz CT molecular complexity index is 254. The molecule has 1 heterocycles. The molecule has 1 rings (SSSR count). The van der Waals surface area contributed by atoms with Crippen molar-refractivity contribution in [1.29, 1.82) is 0 Å². The lowest BCUT2D eigenvalue weighted by Gasteiger charge is -2.14. The average Bonchev–Trinajstić information content (AvgIpc) is 2.21. The average molecular weight is 192 g/mol. The van der Waals surface area contributed by atoms with Crippen molar-refractivity contribution >= 4 is 0 Å².